The number of aryl methyl sites for hydroxylation is 2. The van der Waals surface area contributed by atoms with Gasteiger partial charge < -0.3 is 4.74 Å². The lowest BCUT2D eigenvalue weighted by atomic mass is 10.1. The molecule has 0 amide bonds. The first-order valence-corrected chi connectivity index (χ1v) is 11.1. The molecule has 1 aliphatic heterocycles. The van der Waals surface area contributed by atoms with E-state index in [1.807, 2.05) is 0 Å². The third kappa shape index (κ3) is 3.32. The van der Waals surface area contributed by atoms with Crippen LogP contribution in [0, 0.1) is 0 Å². The second kappa shape index (κ2) is 7.37. The van der Waals surface area contributed by atoms with Gasteiger partial charge in [-0.2, -0.15) is 0 Å². The Kier molecular flexibility index (Phi) is 4.75. The molecule has 1 N–H and O–H groups in total. The van der Waals surface area contributed by atoms with Crippen LogP contribution in [0.15, 0.2) is 21.3 Å². The number of rotatable bonds is 4. The van der Waals surface area contributed by atoms with Gasteiger partial charge in [-0.3, -0.25) is 4.57 Å². The molecule has 1 aliphatic carbocycles. The van der Waals surface area contributed by atoms with Crippen molar-refractivity contribution in [2.24, 2.45) is 0 Å². The molecule has 27 heavy (non-hydrogen) atoms. The van der Waals surface area contributed by atoms with Crippen LogP contribution in [0.25, 0.3) is 10.2 Å². The van der Waals surface area contributed by atoms with E-state index < -0.39 is 0 Å². The van der Waals surface area contributed by atoms with Crippen LogP contribution in [-0.4, -0.2) is 37.4 Å². The standard InChI is InChI=1S/C18H21N5O2S2/c24-17-21-22-18(23(17)9-11-5-4-8-25-11)27-16-14-12-6-2-1-3-7-13(12)26-15(14)19-10-20-16/h10-11H,1-9H2,(H,21,24). The van der Waals surface area contributed by atoms with Crippen molar-refractivity contribution in [3.63, 3.8) is 0 Å². The molecular formula is C18H21N5O2S2. The van der Waals surface area contributed by atoms with Crippen molar-refractivity contribution in [3.05, 3.63) is 27.3 Å². The average Bonchev–Trinajstić information content (AvgIpc) is 3.35. The fourth-order valence-electron chi connectivity index (χ4n) is 3.94. The molecule has 9 heteroatoms. The highest BCUT2D eigenvalue weighted by Gasteiger charge is 2.23. The molecule has 0 radical (unpaired) electrons. The molecule has 1 unspecified atom stereocenters. The summed E-state index contributed by atoms with van der Waals surface area (Å²) in [6, 6.07) is 0. The first-order chi connectivity index (χ1) is 13.3. The molecule has 0 bridgehead atoms. The van der Waals surface area contributed by atoms with Crippen LogP contribution in [-0.2, 0) is 24.1 Å². The lowest BCUT2D eigenvalue weighted by Gasteiger charge is -2.11. The highest BCUT2D eigenvalue weighted by Crippen LogP contribution is 2.40. The van der Waals surface area contributed by atoms with E-state index in [0.717, 1.165) is 47.5 Å². The number of aromatic nitrogens is 5. The van der Waals surface area contributed by atoms with Gasteiger partial charge in [0.25, 0.3) is 0 Å². The third-order valence-corrected chi connectivity index (χ3v) is 7.48. The summed E-state index contributed by atoms with van der Waals surface area (Å²) in [5, 5.41) is 9.53. The van der Waals surface area contributed by atoms with Gasteiger partial charge in [0.05, 0.1) is 12.6 Å². The average molecular weight is 404 g/mol. The monoisotopic (exact) mass is 403 g/mol. The van der Waals surface area contributed by atoms with E-state index in [0.29, 0.717) is 11.7 Å². The van der Waals surface area contributed by atoms with Crippen molar-refractivity contribution in [2.45, 2.75) is 67.8 Å². The Bertz CT molecular complexity index is 1020. The van der Waals surface area contributed by atoms with Gasteiger partial charge >= 0.3 is 5.69 Å². The van der Waals surface area contributed by atoms with Gasteiger partial charge in [-0.25, -0.2) is 19.9 Å². The minimum Gasteiger partial charge on any atom is -0.376 e. The highest BCUT2D eigenvalue weighted by molar-refractivity contribution is 7.99. The fraction of sp³-hybridized carbons (Fsp3) is 0.556. The van der Waals surface area contributed by atoms with Crippen LogP contribution in [0.3, 0.4) is 0 Å². The molecule has 1 saturated heterocycles. The number of nitrogens with one attached hydrogen (secondary N) is 1. The molecule has 5 rings (SSSR count). The van der Waals surface area contributed by atoms with Crippen molar-refractivity contribution in [3.8, 4) is 0 Å². The lowest BCUT2D eigenvalue weighted by Crippen LogP contribution is -2.24. The number of hydrogen-bond donors (Lipinski definition) is 1. The van der Waals surface area contributed by atoms with E-state index in [4.69, 9.17) is 4.74 Å². The minimum absolute atomic E-state index is 0.0856. The smallest absolute Gasteiger partial charge is 0.344 e. The number of aromatic amines is 1. The zero-order valence-electron chi connectivity index (χ0n) is 14.9. The molecule has 0 saturated carbocycles. The quantitative estimate of drug-likeness (QED) is 0.532. The number of fused-ring (bicyclic) bond motifs is 3. The third-order valence-electron chi connectivity index (χ3n) is 5.29. The van der Waals surface area contributed by atoms with E-state index >= 15 is 0 Å². The Morgan fingerprint density at radius 2 is 2.19 bits per heavy atom. The van der Waals surface area contributed by atoms with Crippen LogP contribution >= 0.6 is 23.1 Å². The number of hydrogen-bond acceptors (Lipinski definition) is 7. The van der Waals surface area contributed by atoms with Crippen LogP contribution in [0.1, 0.15) is 42.5 Å². The van der Waals surface area contributed by atoms with E-state index in [9.17, 15) is 4.79 Å². The van der Waals surface area contributed by atoms with Gasteiger partial charge in [0.2, 0.25) is 0 Å². The SMILES string of the molecule is O=c1[nH]nc(Sc2ncnc3sc4c(c23)CCCCC4)n1CC1CCCO1. The summed E-state index contributed by atoms with van der Waals surface area (Å²) in [5.41, 5.74) is 1.21. The number of thiophene rings is 1. The number of nitrogens with zero attached hydrogens (tertiary/aromatic N) is 4. The zero-order valence-corrected chi connectivity index (χ0v) is 16.6. The van der Waals surface area contributed by atoms with Gasteiger partial charge in [-0.05, 0) is 55.9 Å². The fourth-order valence-corrected chi connectivity index (χ4v) is 6.18. The molecule has 142 valence electrons. The highest BCUT2D eigenvalue weighted by atomic mass is 32.2. The van der Waals surface area contributed by atoms with Gasteiger partial charge in [0, 0.05) is 16.9 Å². The Morgan fingerprint density at radius 3 is 3.07 bits per heavy atom. The lowest BCUT2D eigenvalue weighted by molar-refractivity contribution is 0.0941. The molecular weight excluding hydrogens is 382 g/mol. The maximum Gasteiger partial charge on any atom is 0.344 e. The van der Waals surface area contributed by atoms with Gasteiger partial charge in [0.15, 0.2) is 5.16 Å². The molecule has 4 heterocycles. The predicted octanol–water partition coefficient (Wildman–Crippen LogP) is 3.18. The van der Waals surface area contributed by atoms with E-state index in [-0.39, 0.29) is 11.8 Å². The summed E-state index contributed by atoms with van der Waals surface area (Å²) in [5.74, 6) is 0. The number of H-pyrrole nitrogens is 1. The summed E-state index contributed by atoms with van der Waals surface area (Å²) in [7, 11) is 0. The Labute approximate surface area is 164 Å². The van der Waals surface area contributed by atoms with Crippen molar-refractivity contribution in [1.82, 2.24) is 24.7 Å². The van der Waals surface area contributed by atoms with Crippen molar-refractivity contribution in [2.75, 3.05) is 6.61 Å². The predicted molar refractivity (Wildman–Crippen MR) is 105 cm³/mol. The first kappa shape index (κ1) is 17.4. The summed E-state index contributed by atoms with van der Waals surface area (Å²) in [4.78, 5) is 23.8. The summed E-state index contributed by atoms with van der Waals surface area (Å²) in [6.45, 7) is 1.31. The summed E-state index contributed by atoms with van der Waals surface area (Å²) in [6.07, 6.45) is 9.69. The van der Waals surface area contributed by atoms with Gasteiger partial charge in [0.1, 0.15) is 16.2 Å². The normalized spacial score (nSPS) is 20.1. The van der Waals surface area contributed by atoms with Crippen molar-refractivity contribution < 1.29 is 4.74 Å². The maximum absolute atomic E-state index is 12.3. The molecule has 3 aromatic rings. The summed E-state index contributed by atoms with van der Waals surface area (Å²) >= 11 is 3.24. The van der Waals surface area contributed by atoms with E-state index in [1.54, 1.807) is 22.2 Å². The largest absolute Gasteiger partial charge is 0.376 e. The topological polar surface area (TPSA) is 85.7 Å². The van der Waals surface area contributed by atoms with Crippen molar-refractivity contribution >= 4 is 33.3 Å². The molecule has 0 spiro atoms. The molecule has 1 fully saturated rings. The molecule has 3 aromatic heterocycles. The Hall–Kier alpha value is -1.71. The van der Waals surface area contributed by atoms with Crippen LogP contribution in [0.5, 0.6) is 0 Å². The van der Waals surface area contributed by atoms with E-state index in [1.165, 1.54) is 41.5 Å². The Balaban J connectivity index is 1.52. The minimum atomic E-state index is -0.192. The van der Waals surface area contributed by atoms with Gasteiger partial charge in [-0.1, -0.05) is 6.42 Å². The Morgan fingerprint density at radius 1 is 1.26 bits per heavy atom. The second-order valence-electron chi connectivity index (χ2n) is 7.08. The second-order valence-corrected chi connectivity index (χ2v) is 9.12. The maximum atomic E-state index is 12.3. The molecule has 0 aromatic carbocycles. The summed E-state index contributed by atoms with van der Waals surface area (Å²) < 4.78 is 7.38. The number of ether oxygens (including phenoxy) is 1. The van der Waals surface area contributed by atoms with Crippen LogP contribution in [0.2, 0.25) is 0 Å². The van der Waals surface area contributed by atoms with Crippen LogP contribution < -0.4 is 5.69 Å². The van der Waals surface area contributed by atoms with Crippen molar-refractivity contribution in [1.29, 1.82) is 0 Å². The molecule has 1 atom stereocenters. The van der Waals surface area contributed by atoms with Gasteiger partial charge in [-0.15, -0.1) is 16.4 Å². The first-order valence-electron chi connectivity index (χ1n) is 9.49. The zero-order chi connectivity index (χ0) is 18.2. The van der Waals surface area contributed by atoms with E-state index in [2.05, 4.69) is 20.2 Å². The van der Waals surface area contributed by atoms with Crippen LogP contribution in [0.4, 0.5) is 0 Å². The molecule has 7 nitrogen and oxygen atoms in total. The molecule has 2 aliphatic rings.